The Morgan fingerprint density at radius 2 is 2.31 bits per heavy atom. The molecule has 7 heteroatoms. The van der Waals surface area contributed by atoms with Crippen LogP contribution in [-0.2, 0) is 9.47 Å². The molecule has 1 rings (SSSR count). The summed E-state index contributed by atoms with van der Waals surface area (Å²) in [5, 5.41) is 4.26. The number of nitrogens with two attached hydrogens (primary N) is 1. The van der Waals surface area contributed by atoms with E-state index in [1.807, 2.05) is 6.26 Å². The molecule has 0 fully saturated rings. The molecule has 1 aromatic heterocycles. The highest BCUT2D eigenvalue weighted by Crippen LogP contribution is 2.34. The van der Waals surface area contributed by atoms with Crippen LogP contribution in [0.5, 0.6) is 0 Å². The molecule has 1 aromatic rings. The fourth-order valence-corrected chi connectivity index (χ4v) is 2.75. The van der Waals surface area contributed by atoms with E-state index in [4.69, 9.17) is 15.2 Å². The maximum Gasteiger partial charge on any atom is 0.153 e. The zero-order chi connectivity index (χ0) is 12.0. The molecule has 0 aliphatic carbocycles. The average Bonchev–Trinajstić information content (AvgIpc) is 2.65. The van der Waals surface area contributed by atoms with Crippen molar-refractivity contribution in [2.45, 2.75) is 11.0 Å². The van der Waals surface area contributed by atoms with Crippen molar-refractivity contribution in [3.8, 4) is 0 Å². The van der Waals surface area contributed by atoms with Gasteiger partial charge in [0.2, 0.25) is 0 Å². The molecule has 1 unspecified atom stereocenters. The van der Waals surface area contributed by atoms with Crippen LogP contribution in [0.3, 0.4) is 0 Å². The van der Waals surface area contributed by atoms with E-state index in [0.29, 0.717) is 19.0 Å². The van der Waals surface area contributed by atoms with Crippen LogP contribution in [-0.4, -0.2) is 44.1 Å². The first kappa shape index (κ1) is 13.6. The van der Waals surface area contributed by atoms with E-state index in [1.165, 1.54) is 11.5 Å². The summed E-state index contributed by atoms with van der Waals surface area (Å²) in [4.78, 5) is 0.997. The molecule has 0 aliphatic heterocycles. The van der Waals surface area contributed by atoms with Gasteiger partial charge in [-0.3, -0.25) is 0 Å². The molecule has 5 nitrogen and oxygen atoms in total. The molecule has 16 heavy (non-hydrogen) atoms. The smallest absolute Gasteiger partial charge is 0.153 e. The molecule has 0 saturated carbocycles. The topological polar surface area (TPSA) is 69.4 Å². The fraction of sp³-hybridized carbons (Fsp3) is 0.667. The van der Waals surface area contributed by atoms with E-state index in [0.717, 1.165) is 9.90 Å². The van der Waals surface area contributed by atoms with Gasteiger partial charge in [0.05, 0.1) is 17.6 Å². The van der Waals surface area contributed by atoms with Crippen LogP contribution in [0, 0.1) is 0 Å². The lowest BCUT2D eigenvalue weighted by Gasteiger charge is -2.15. The van der Waals surface area contributed by atoms with Gasteiger partial charge in [-0.2, -0.15) is 4.37 Å². The van der Waals surface area contributed by atoms with E-state index in [-0.39, 0.29) is 6.10 Å². The van der Waals surface area contributed by atoms with Gasteiger partial charge in [0.15, 0.2) is 5.82 Å². The predicted molar refractivity (Wildman–Crippen MR) is 69.5 cm³/mol. The van der Waals surface area contributed by atoms with Crippen molar-refractivity contribution in [3.05, 3.63) is 0 Å². The van der Waals surface area contributed by atoms with Crippen molar-refractivity contribution < 1.29 is 9.47 Å². The highest BCUT2D eigenvalue weighted by atomic mass is 32.2. The molecule has 3 N–H and O–H groups in total. The standard InChI is InChI=1S/C9H17N3O2S2/c1-13-5-6(14-2)4-11-9-7(15-3)8(10)12-16-9/h6,11H,4-5H2,1-3H3,(H2,10,12). The molecule has 0 saturated heterocycles. The molecular formula is C9H17N3O2S2. The second-order valence-electron chi connectivity index (χ2n) is 3.12. The summed E-state index contributed by atoms with van der Waals surface area (Å²) >= 11 is 2.96. The van der Waals surface area contributed by atoms with Crippen LogP contribution < -0.4 is 11.1 Å². The first-order valence-corrected chi connectivity index (χ1v) is 6.77. The number of anilines is 2. The molecule has 0 amide bonds. The summed E-state index contributed by atoms with van der Waals surface area (Å²) in [6.45, 7) is 1.24. The third kappa shape index (κ3) is 3.51. The Morgan fingerprint density at radius 1 is 1.56 bits per heavy atom. The minimum absolute atomic E-state index is 0.0306. The van der Waals surface area contributed by atoms with Gasteiger partial charge in [-0.05, 0) is 17.8 Å². The molecule has 0 spiro atoms. The second-order valence-corrected chi connectivity index (χ2v) is 4.71. The van der Waals surface area contributed by atoms with Gasteiger partial charge in [0.25, 0.3) is 0 Å². The zero-order valence-corrected chi connectivity index (χ0v) is 11.3. The van der Waals surface area contributed by atoms with Gasteiger partial charge in [-0.1, -0.05) is 0 Å². The Labute approximate surface area is 104 Å². The lowest BCUT2D eigenvalue weighted by atomic mass is 10.4. The lowest BCUT2D eigenvalue weighted by molar-refractivity contribution is 0.0366. The lowest BCUT2D eigenvalue weighted by Crippen LogP contribution is -2.26. The van der Waals surface area contributed by atoms with Crippen LogP contribution in [0.4, 0.5) is 10.8 Å². The third-order valence-electron chi connectivity index (χ3n) is 2.05. The van der Waals surface area contributed by atoms with Crippen LogP contribution in [0.1, 0.15) is 0 Å². The van der Waals surface area contributed by atoms with E-state index in [2.05, 4.69) is 9.69 Å². The highest BCUT2D eigenvalue weighted by molar-refractivity contribution is 7.99. The number of rotatable bonds is 7. The van der Waals surface area contributed by atoms with Crippen molar-refractivity contribution >= 4 is 34.1 Å². The Morgan fingerprint density at radius 3 is 2.88 bits per heavy atom. The molecule has 1 atom stereocenters. The zero-order valence-electron chi connectivity index (χ0n) is 9.65. The number of aromatic nitrogens is 1. The second kappa shape index (κ2) is 6.95. The normalized spacial score (nSPS) is 12.7. The van der Waals surface area contributed by atoms with Gasteiger partial charge in [-0.15, -0.1) is 11.8 Å². The quantitative estimate of drug-likeness (QED) is 0.727. The van der Waals surface area contributed by atoms with Gasteiger partial charge in [-0.25, -0.2) is 0 Å². The number of hydrogen-bond acceptors (Lipinski definition) is 7. The average molecular weight is 263 g/mol. The highest BCUT2D eigenvalue weighted by Gasteiger charge is 2.12. The van der Waals surface area contributed by atoms with Gasteiger partial charge >= 0.3 is 0 Å². The van der Waals surface area contributed by atoms with Crippen LogP contribution in [0.2, 0.25) is 0 Å². The predicted octanol–water partition coefficient (Wildman–Crippen LogP) is 1.52. The van der Waals surface area contributed by atoms with Crippen molar-refractivity contribution in [2.75, 3.05) is 44.7 Å². The maximum absolute atomic E-state index is 5.73. The molecule has 92 valence electrons. The Bertz CT molecular complexity index is 320. The molecular weight excluding hydrogens is 246 g/mol. The minimum Gasteiger partial charge on any atom is -0.382 e. The van der Waals surface area contributed by atoms with E-state index in [1.54, 1.807) is 26.0 Å². The Kier molecular flexibility index (Phi) is 5.89. The summed E-state index contributed by atoms with van der Waals surface area (Å²) in [5.74, 6) is 0.584. The van der Waals surface area contributed by atoms with E-state index < -0.39 is 0 Å². The summed E-state index contributed by atoms with van der Waals surface area (Å²) in [6, 6.07) is 0. The number of nitrogens with zero attached hydrogens (tertiary/aromatic N) is 1. The van der Waals surface area contributed by atoms with Crippen molar-refractivity contribution in [1.29, 1.82) is 0 Å². The molecule has 0 aromatic carbocycles. The molecule has 0 aliphatic rings. The SMILES string of the molecule is COCC(CNc1snc(N)c1SC)OC. The van der Waals surface area contributed by atoms with E-state index >= 15 is 0 Å². The van der Waals surface area contributed by atoms with Crippen LogP contribution in [0.15, 0.2) is 4.90 Å². The summed E-state index contributed by atoms with van der Waals surface area (Å²) in [7, 11) is 3.33. The number of hydrogen-bond donors (Lipinski definition) is 2. The number of ether oxygens (including phenoxy) is 2. The fourth-order valence-electron chi connectivity index (χ4n) is 1.21. The molecule has 0 radical (unpaired) electrons. The van der Waals surface area contributed by atoms with Gasteiger partial charge in [0, 0.05) is 20.8 Å². The molecule has 0 bridgehead atoms. The Hall–Kier alpha value is -0.500. The van der Waals surface area contributed by atoms with Crippen molar-refractivity contribution in [1.82, 2.24) is 4.37 Å². The first-order valence-electron chi connectivity index (χ1n) is 4.77. The van der Waals surface area contributed by atoms with Crippen molar-refractivity contribution in [3.63, 3.8) is 0 Å². The largest absolute Gasteiger partial charge is 0.382 e. The number of methoxy groups -OCH3 is 2. The Balaban J connectivity index is 2.52. The first-order chi connectivity index (χ1) is 7.72. The van der Waals surface area contributed by atoms with Gasteiger partial charge < -0.3 is 20.5 Å². The monoisotopic (exact) mass is 263 g/mol. The molecule has 1 heterocycles. The summed E-state index contributed by atoms with van der Waals surface area (Å²) in [5.41, 5.74) is 5.73. The number of nitrogens with one attached hydrogen (secondary N) is 1. The summed E-state index contributed by atoms with van der Waals surface area (Å²) in [6.07, 6.45) is 2.01. The summed E-state index contributed by atoms with van der Waals surface area (Å²) < 4.78 is 14.4. The minimum atomic E-state index is 0.0306. The van der Waals surface area contributed by atoms with E-state index in [9.17, 15) is 0 Å². The maximum atomic E-state index is 5.73. The van der Waals surface area contributed by atoms with Crippen LogP contribution in [0.25, 0.3) is 0 Å². The van der Waals surface area contributed by atoms with Crippen molar-refractivity contribution in [2.24, 2.45) is 0 Å². The van der Waals surface area contributed by atoms with Gasteiger partial charge in [0.1, 0.15) is 5.00 Å². The van der Waals surface area contributed by atoms with Crippen LogP contribution >= 0.6 is 23.3 Å². The third-order valence-corrected chi connectivity index (χ3v) is 3.82. The number of nitrogen functional groups attached to an aromatic ring is 1. The number of thioether (sulfide) groups is 1.